The fourth-order valence-electron chi connectivity index (χ4n) is 3.06. The molecule has 2 heterocycles. The molecule has 1 saturated heterocycles. The molecule has 5 nitrogen and oxygen atoms in total. The van der Waals surface area contributed by atoms with Gasteiger partial charge in [0.05, 0.1) is 11.3 Å². The predicted octanol–water partition coefficient (Wildman–Crippen LogP) is 3.28. The summed E-state index contributed by atoms with van der Waals surface area (Å²) in [6.07, 6.45) is 7.74. The number of aryl methyl sites for hydroxylation is 1. The first-order valence-corrected chi connectivity index (χ1v) is 8.81. The van der Waals surface area contributed by atoms with Crippen molar-refractivity contribution in [1.29, 1.82) is 0 Å². The lowest BCUT2D eigenvalue weighted by Crippen LogP contribution is -2.36. The van der Waals surface area contributed by atoms with E-state index < -0.39 is 0 Å². The minimum Gasteiger partial charge on any atom is -0.339 e. The maximum Gasteiger partial charge on any atom is 0.255 e. The molecule has 25 heavy (non-hydrogen) atoms. The van der Waals surface area contributed by atoms with Crippen molar-refractivity contribution in [2.24, 2.45) is 0 Å². The number of nitrogens with zero attached hydrogens (tertiary/aromatic N) is 2. The standard InChI is InChI=1S/C20H23N3O2/c24-19(11-10-16-7-6-12-21-15-16)22-18-9-3-2-8-17(18)20(25)23-13-4-1-5-14-23/h2-3,6-9,12,15H,1,4-5,10-11,13-14H2,(H,22,24). The van der Waals surface area contributed by atoms with Crippen molar-refractivity contribution >= 4 is 17.5 Å². The molecule has 1 aromatic carbocycles. The molecule has 1 aromatic heterocycles. The summed E-state index contributed by atoms with van der Waals surface area (Å²) in [4.78, 5) is 31.0. The second-order valence-corrected chi connectivity index (χ2v) is 6.31. The second kappa shape index (κ2) is 8.42. The Bertz CT molecular complexity index is 725. The summed E-state index contributed by atoms with van der Waals surface area (Å²) in [5.41, 5.74) is 2.18. The lowest BCUT2D eigenvalue weighted by atomic mass is 10.1. The molecule has 2 aromatic rings. The average Bonchev–Trinajstić information content (AvgIpc) is 2.68. The molecule has 1 N–H and O–H groups in total. The number of hydrogen-bond donors (Lipinski definition) is 1. The van der Waals surface area contributed by atoms with Gasteiger partial charge in [0.2, 0.25) is 5.91 Å². The minimum absolute atomic E-state index is 0.00265. The average molecular weight is 337 g/mol. The topological polar surface area (TPSA) is 62.3 Å². The molecule has 0 spiro atoms. The number of carbonyl (C=O) groups is 2. The molecule has 5 heteroatoms. The van der Waals surface area contributed by atoms with Gasteiger partial charge in [0.1, 0.15) is 0 Å². The third-order valence-electron chi connectivity index (χ3n) is 4.44. The van der Waals surface area contributed by atoms with Crippen LogP contribution in [0.5, 0.6) is 0 Å². The van der Waals surface area contributed by atoms with Crippen LogP contribution in [-0.4, -0.2) is 34.8 Å². The van der Waals surface area contributed by atoms with Crippen molar-refractivity contribution in [1.82, 2.24) is 9.88 Å². The number of amides is 2. The van der Waals surface area contributed by atoms with Gasteiger partial charge in [-0.15, -0.1) is 0 Å². The van der Waals surface area contributed by atoms with Gasteiger partial charge in [0.15, 0.2) is 0 Å². The lowest BCUT2D eigenvalue weighted by molar-refractivity contribution is -0.116. The van der Waals surface area contributed by atoms with E-state index in [1.54, 1.807) is 24.5 Å². The van der Waals surface area contributed by atoms with Gasteiger partial charge >= 0.3 is 0 Å². The van der Waals surface area contributed by atoms with Gasteiger partial charge < -0.3 is 10.2 Å². The van der Waals surface area contributed by atoms with Gasteiger partial charge in [0, 0.05) is 31.9 Å². The first-order valence-electron chi connectivity index (χ1n) is 8.81. The van der Waals surface area contributed by atoms with Crippen molar-refractivity contribution in [3.8, 4) is 0 Å². The normalized spacial score (nSPS) is 14.2. The van der Waals surface area contributed by atoms with Gasteiger partial charge in [-0.25, -0.2) is 0 Å². The van der Waals surface area contributed by atoms with Crippen LogP contribution < -0.4 is 5.32 Å². The number of aromatic nitrogens is 1. The first kappa shape index (κ1) is 17.1. The van der Waals surface area contributed by atoms with Gasteiger partial charge in [-0.05, 0) is 49.4 Å². The van der Waals surface area contributed by atoms with Gasteiger partial charge in [-0.1, -0.05) is 18.2 Å². The molecule has 2 amide bonds. The zero-order valence-corrected chi connectivity index (χ0v) is 14.3. The van der Waals surface area contributed by atoms with E-state index in [4.69, 9.17) is 0 Å². The van der Waals surface area contributed by atoms with Gasteiger partial charge in [-0.2, -0.15) is 0 Å². The quantitative estimate of drug-likeness (QED) is 0.911. The van der Waals surface area contributed by atoms with E-state index in [0.29, 0.717) is 24.1 Å². The Balaban J connectivity index is 1.64. The summed E-state index contributed by atoms with van der Waals surface area (Å²) in [6.45, 7) is 1.59. The van der Waals surface area contributed by atoms with E-state index in [2.05, 4.69) is 10.3 Å². The fraction of sp³-hybridized carbons (Fsp3) is 0.350. The zero-order valence-electron chi connectivity index (χ0n) is 14.3. The molecule has 0 aliphatic carbocycles. The number of anilines is 1. The molecular weight excluding hydrogens is 314 g/mol. The molecule has 0 radical (unpaired) electrons. The van der Waals surface area contributed by atoms with Crippen LogP contribution in [0.1, 0.15) is 41.6 Å². The molecular formula is C20H23N3O2. The summed E-state index contributed by atoms with van der Waals surface area (Å²) < 4.78 is 0. The SMILES string of the molecule is O=C(CCc1cccnc1)Nc1ccccc1C(=O)N1CCCCC1. The largest absolute Gasteiger partial charge is 0.339 e. The number of rotatable bonds is 5. The number of para-hydroxylation sites is 1. The van der Waals surface area contributed by atoms with E-state index >= 15 is 0 Å². The Labute approximate surface area is 148 Å². The number of likely N-dealkylation sites (tertiary alicyclic amines) is 1. The highest BCUT2D eigenvalue weighted by Gasteiger charge is 2.21. The highest BCUT2D eigenvalue weighted by molar-refractivity contribution is 6.03. The Hall–Kier alpha value is -2.69. The van der Waals surface area contributed by atoms with Gasteiger partial charge in [0.25, 0.3) is 5.91 Å². The van der Waals surface area contributed by atoms with Crippen LogP contribution >= 0.6 is 0 Å². The van der Waals surface area contributed by atoms with Crippen molar-refractivity contribution in [3.05, 3.63) is 59.9 Å². The zero-order chi connectivity index (χ0) is 17.5. The van der Waals surface area contributed by atoms with Crippen LogP contribution in [0.4, 0.5) is 5.69 Å². The van der Waals surface area contributed by atoms with Crippen LogP contribution in [0.3, 0.4) is 0 Å². The van der Waals surface area contributed by atoms with Crippen LogP contribution in [0.2, 0.25) is 0 Å². The smallest absolute Gasteiger partial charge is 0.255 e. The molecule has 0 saturated carbocycles. The summed E-state index contributed by atoms with van der Waals surface area (Å²) in [7, 11) is 0. The molecule has 1 fully saturated rings. The molecule has 3 rings (SSSR count). The third kappa shape index (κ3) is 4.66. The maximum atomic E-state index is 12.7. The number of pyridine rings is 1. The van der Waals surface area contributed by atoms with Gasteiger partial charge in [-0.3, -0.25) is 14.6 Å². The van der Waals surface area contributed by atoms with Crippen LogP contribution in [0.25, 0.3) is 0 Å². The predicted molar refractivity (Wildman–Crippen MR) is 97.4 cm³/mol. The molecule has 130 valence electrons. The highest BCUT2D eigenvalue weighted by atomic mass is 16.2. The van der Waals surface area contributed by atoms with Crippen molar-refractivity contribution in [2.45, 2.75) is 32.1 Å². The summed E-state index contributed by atoms with van der Waals surface area (Å²) in [5.74, 6) is -0.0920. The van der Waals surface area contributed by atoms with Crippen LogP contribution in [-0.2, 0) is 11.2 Å². The number of carbonyl (C=O) groups excluding carboxylic acids is 2. The van der Waals surface area contributed by atoms with E-state index in [1.807, 2.05) is 29.2 Å². The number of benzene rings is 1. The van der Waals surface area contributed by atoms with E-state index in [0.717, 1.165) is 31.5 Å². The first-order chi connectivity index (χ1) is 12.2. The monoisotopic (exact) mass is 337 g/mol. The molecule has 1 aliphatic heterocycles. The minimum atomic E-state index is -0.0947. The summed E-state index contributed by atoms with van der Waals surface area (Å²) >= 11 is 0. The number of piperidine rings is 1. The Kier molecular flexibility index (Phi) is 5.77. The van der Waals surface area contributed by atoms with Crippen molar-refractivity contribution < 1.29 is 9.59 Å². The highest BCUT2D eigenvalue weighted by Crippen LogP contribution is 2.20. The van der Waals surface area contributed by atoms with Crippen molar-refractivity contribution in [2.75, 3.05) is 18.4 Å². The fourth-order valence-corrected chi connectivity index (χ4v) is 3.06. The van der Waals surface area contributed by atoms with Crippen molar-refractivity contribution in [3.63, 3.8) is 0 Å². The Morgan fingerprint density at radius 2 is 1.84 bits per heavy atom. The molecule has 0 bridgehead atoms. The van der Waals surface area contributed by atoms with Crippen LogP contribution in [0.15, 0.2) is 48.8 Å². The molecule has 0 atom stereocenters. The van der Waals surface area contributed by atoms with Crippen LogP contribution in [0, 0.1) is 0 Å². The van der Waals surface area contributed by atoms with E-state index in [-0.39, 0.29) is 11.8 Å². The summed E-state index contributed by atoms with van der Waals surface area (Å²) in [5, 5.41) is 2.89. The Morgan fingerprint density at radius 3 is 2.60 bits per heavy atom. The number of hydrogen-bond acceptors (Lipinski definition) is 3. The molecule has 0 unspecified atom stereocenters. The summed E-state index contributed by atoms with van der Waals surface area (Å²) in [6, 6.07) is 11.1. The second-order valence-electron chi connectivity index (χ2n) is 6.31. The number of nitrogens with one attached hydrogen (secondary N) is 1. The lowest BCUT2D eigenvalue weighted by Gasteiger charge is -2.27. The molecule has 1 aliphatic rings. The third-order valence-corrected chi connectivity index (χ3v) is 4.44. The van der Waals surface area contributed by atoms with E-state index in [1.165, 1.54) is 6.42 Å². The maximum absolute atomic E-state index is 12.7. The Morgan fingerprint density at radius 1 is 1.04 bits per heavy atom. The van der Waals surface area contributed by atoms with E-state index in [9.17, 15) is 9.59 Å².